The van der Waals surface area contributed by atoms with Crippen molar-refractivity contribution in [2.45, 2.75) is 18.2 Å². The highest BCUT2D eigenvalue weighted by Crippen LogP contribution is 2.17. The molecule has 9 nitrogen and oxygen atoms in total. The van der Waals surface area contributed by atoms with E-state index in [1.807, 2.05) is 0 Å². The number of methoxy groups -OCH3 is 1. The number of carbonyl (C=O) groups is 1. The molecule has 1 N–H and O–H groups in total. The average molecular weight is 434 g/mol. The van der Waals surface area contributed by atoms with Gasteiger partial charge in [0, 0.05) is 45.1 Å². The molecule has 2 aromatic rings. The lowest BCUT2D eigenvalue weighted by Crippen LogP contribution is -2.47. The molecular formula is C20H27N5O4S. The Hall–Kier alpha value is -2.56. The first-order valence-corrected chi connectivity index (χ1v) is 11.3. The Morgan fingerprint density at radius 1 is 1.17 bits per heavy atom. The van der Waals surface area contributed by atoms with E-state index in [0.29, 0.717) is 24.1 Å². The van der Waals surface area contributed by atoms with Gasteiger partial charge in [-0.05, 0) is 49.7 Å². The molecule has 10 heteroatoms. The topological polar surface area (TPSA) is 105 Å². The van der Waals surface area contributed by atoms with E-state index in [1.165, 1.54) is 25.3 Å². The van der Waals surface area contributed by atoms with Crippen molar-refractivity contribution in [3.05, 3.63) is 47.8 Å². The monoisotopic (exact) mass is 433 g/mol. The van der Waals surface area contributed by atoms with Crippen LogP contribution in [0.4, 0.5) is 5.95 Å². The Kier molecular flexibility index (Phi) is 7.35. The van der Waals surface area contributed by atoms with E-state index in [9.17, 15) is 13.2 Å². The van der Waals surface area contributed by atoms with Gasteiger partial charge in [0.25, 0.3) is 0 Å². The highest BCUT2D eigenvalue weighted by Gasteiger charge is 2.20. The van der Waals surface area contributed by atoms with Crippen molar-refractivity contribution in [2.75, 3.05) is 51.3 Å². The maximum Gasteiger partial charge on any atom is 0.337 e. The Morgan fingerprint density at radius 3 is 2.50 bits per heavy atom. The summed E-state index contributed by atoms with van der Waals surface area (Å²) in [6, 6.07) is 6.23. The molecule has 30 heavy (non-hydrogen) atoms. The fraction of sp³-hybridized carbons (Fsp3) is 0.450. The first-order valence-electron chi connectivity index (χ1n) is 9.83. The average Bonchev–Trinajstić information content (AvgIpc) is 2.77. The molecule has 162 valence electrons. The van der Waals surface area contributed by atoms with Crippen LogP contribution in [0.15, 0.2) is 41.6 Å². The second-order valence-electron chi connectivity index (χ2n) is 7.10. The van der Waals surface area contributed by atoms with E-state index in [0.717, 1.165) is 38.7 Å². The second-order valence-corrected chi connectivity index (χ2v) is 8.84. The third kappa shape index (κ3) is 5.53. The largest absolute Gasteiger partial charge is 0.465 e. The van der Waals surface area contributed by atoms with Crippen LogP contribution in [0.1, 0.15) is 22.3 Å². The Morgan fingerprint density at radius 2 is 1.87 bits per heavy atom. The number of nitrogens with zero attached hydrogens (tertiary/aromatic N) is 4. The molecule has 1 aromatic heterocycles. The number of nitrogens with one attached hydrogen (secondary N) is 1. The van der Waals surface area contributed by atoms with Gasteiger partial charge >= 0.3 is 5.97 Å². The van der Waals surface area contributed by atoms with E-state index in [4.69, 9.17) is 0 Å². The van der Waals surface area contributed by atoms with Crippen molar-refractivity contribution in [1.29, 1.82) is 0 Å². The number of aryl methyl sites for hydroxylation is 1. The van der Waals surface area contributed by atoms with Crippen LogP contribution >= 0.6 is 0 Å². The first-order chi connectivity index (χ1) is 14.4. The lowest BCUT2D eigenvalue weighted by atomic mass is 10.1. The van der Waals surface area contributed by atoms with E-state index in [1.54, 1.807) is 25.4 Å². The molecule has 1 aliphatic heterocycles. The van der Waals surface area contributed by atoms with E-state index >= 15 is 0 Å². The van der Waals surface area contributed by atoms with Crippen LogP contribution in [0.25, 0.3) is 0 Å². The van der Waals surface area contributed by atoms with Gasteiger partial charge in [0.2, 0.25) is 16.0 Å². The summed E-state index contributed by atoms with van der Waals surface area (Å²) in [5, 5.41) is 0. The Labute approximate surface area is 177 Å². The number of anilines is 1. The van der Waals surface area contributed by atoms with Crippen molar-refractivity contribution in [2.24, 2.45) is 0 Å². The summed E-state index contributed by atoms with van der Waals surface area (Å²) in [6.45, 7) is 6.30. The summed E-state index contributed by atoms with van der Waals surface area (Å²) in [5.74, 6) is 0.257. The number of aromatic nitrogens is 2. The number of ether oxygens (including phenoxy) is 1. The minimum Gasteiger partial charge on any atom is -0.465 e. The zero-order valence-corrected chi connectivity index (χ0v) is 18.1. The molecule has 0 aliphatic carbocycles. The van der Waals surface area contributed by atoms with Gasteiger partial charge in [0.15, 0.2) is 0 Å². The number of piperazine rings is 1. The Balaban J connectivity index is 1.45. The van der Waals surface area contributed by atoms with Crippen LogP contribution in [0.2, 0.25) is 0 Å². The van der Waals surface area contributed by atoms with E-state index in [-0.39, 0.29) is 4.90 Å². The van der Waals surface area contributed by atoms with Crippen molar-refractivity contribution in [1.82, 2.24) is 19.6 Å². The minimum absolute atomic E-state index is 0.173. The number of hydrogen-bond acceptors (Lipinski definition) is 8. The molecule has 0 unspecified atom stereocenters. The summed E-state index contributed by atoms with van der Waals surface area (Å²) >= 11 is 0. The van der Waals surface area contributed by atoms with Gasteiger partial charge in [0.05, 0.1) is 17.6 Å². The summed E-state index contributed by atoms with van der Waals surface area (Å²) < 4.78 is 32.5. The number of esters is 1. The number of carbonyl (C=O) groups excluding carboxylic acids is 1. The molecule has 1 aliphatic rings. The quantitative estimate of drug-likeness (QED) is 0.487. The third-order valence-corrected chi connectivity index (χ3v) is 6.66. The predicted molar refractivity (Wildman–Crippen MR) is 113 cm³/mol. The van der Waals surface area contributed by atoms with Gasteiger partial charge in [-0.25, -0.2) is 27.9 Å². The fourth-order valence-corrected chi connectivity index (χ4v) is 4.71. The van der Waals surface area contributed by atoms with Gasteiger partial charge in [-0.1, -0.05) is 0 Å². The van der Waals surface area contributed by atoms with Crippen molar-refractivity contribution < 1.29 is 17.9 Å². The second kappa shape index (κ2) is 9.96. The maximum absolute atomic E-state index is 12.6. The smallest absolute Gasteiger partial charge is 0.337 e. The van der Waals surface area contributed by atoms with Crippen molar-refractivity contribution >= 4 is 21.9 Å². The number of benzene rings is 1. The summed E-state index contributed by atoms with van der Waals surface area (Å²) in [4.78, 5) is 24.8. The van der Waals surface area contributed by atoms with Crippen LogP contribution in [0.5, 0.6) is 0 Å². The third-order valence-electron chi connectivity index (χ3n) is 5.04. The van der Waals surface area contributed by atoms with Gasteiger partial charge in [-0.3, -0.25) is 4.90 Å². The van der Waals surface area contributed by atoms with Crippen molar-refractivity contribution in [3.63, 3.8) is 0 Å². The van der Waals surface area contributed by atoms with Crippen LogP contribution in [-0.2, 0) is 14.8 Å². The molecular weight excluding hydrogens is 406 g/mol. The van der Waals surface area contributed by atoms with Crippen molar-refractivity contribution in [3.8, 4) is 0 Å². The molecule has 1 saturated heterocycles. The molecule has 1 fully saturated rings. The highest BCUT2D eigenvalue weighted by atomic mass is 32.2. The van der Waals surface area contributed by atoms with Gasteiger partial charge in [-0.15, -0.1) is 0 Å². The zero-order valence-electron chi connectivity index (χ0n) is 17.2. The predicted octanol–water partition coefficient (Wildman–Crippen LogP) is 1.06. The highest BCUT2D eigenvalue weighted by molar-refractivity contribution is 7.89. The number of hydrogen-bond donors (Lipinski definition) is 1. The lowest BCUT2D eigenvalue weighted by molar-refractivity contribution is 0.0600. The SMILES string of the molecule is COC(=O)c1ccc(S(=O)(=O)NCCCN2CCN(c3ncccn3)CC2)c(C)c1. The number of rotatable bonds is 8. The summed E-state index contributed by atoms with van der Waals surface area (Å²) in [5.41, 5.74) is 0.832. The van der Waals surface area contributed by atoms with Gasteiger partial charge < -0.3 is 9.64 Å². The molecule has 0 radical (unpaired) electrons. The van der Waals surface area contributed by atoms with Gasteiger partial charge in [0.1, 0.15) is 0 Å². The van der Waals surface area contributed by atoms with Crippen LogP contribution < -0.4 is 9.62 Å². The molecule has 0 saturated carbocycles. The molecule has 0 spiro atoms. The summed E-state index contributed by atoms with van der Waals surface area (Å²) in [7, 11) is -2.34. The number of sulfonamides is 1. The molecule has 2 heterocycles. The van der Waals surface area contributed by atoms with E-state index in [2.05, 4.69) is 29.2 Å². The van der Waals surface area contributed by atoms with E-state index < -0.39 is 16.0 Å². The lowest BCUT2D eigenvalue weighted by Gasteiger charge is -2.34. The standard InChI is InChI=1S/C20H27N5O4S/c1-16-15-17(19(26)29-2)5-6-18(16)30(27,28)23-9-4-10-24-11-13-25(14-12-24)20-21-7-3-8-22-20/h3,5-8,15,23H,4,9-14H2,1-2H3. The molecule has 0 bridgehead atoms. The Bertz CT molecular complexity index is 960. The van der Waals surface area contributed by atoms with Crippen LogP contribution in [-0.4, -0.2) is 75.6 Å². The van der Waals surface area contributed by atoms with Gasteiger partial charge in [-0.2, -0.15) is 0 Å². The zero-order chi connectivity index (χ0) is 21.6. The van der Waals surface area contributed by atoms with Crippen LogP contribution in [0.3, 0.4) is 0 Å². The normalized spacial score (nSPS) is 15.2. The molecule has 3 rings (SSSR count). The minimum atomic E-state index is -3.63. The molecule has 1 aromatic carbocycles. The maximum atomic E-state index is 12.6. The molecule has 0 amide bonds. The fourth-order valence-electron chi connectivity index (χ4n) is 3.41. The van der Waals surface area contributed by atoms with Crippen LogP contribution in [0, 0.1) is 6.92 Å². The first kappa shape index (κ1) is 22.1. The summed E-state index contributed by atoms with van der Waals surface area (Å²) in [6.07, 6.45) is 4.19. The molecule has 0 atom stereocenters.